The molecule has 0 radical (unpaired) electrons. The van der Waals surface area contributed by atoms with Gasteiger partial charge in [-0.3, -0.25) is 14.4 Å². The van der Waals surface area contributed by atoms with Crippen molar-refractivity contribution in [3.05, 3.63) is 49.6 Å². The van der Waals surface area contributed by atoms with E-state index in [9.17, 15) is 19.5 Å². The van der Waals surface area contributed by atoms with E-state index in [4.69, 9.17) is 9.47 Å². The number of unbranched alkanes of at least 4 members (excludes halogenated alkanes) is 2. The predicted molar refractivity (Wildman–Crippen MR) is 163 cm³/mol. The lowest BCUT2D eigenvalue weighted by Gasteiger charge is -2.38. The van der Waals surface area contributed by atoms with E-state index < -0.39 is 41.1 Å². The van der Waals surface area contributed by atoms with E-state index in [1.165, 1.54) is 4.90 Å². The molecule has 0 saturated carbocycles. The first-order chi connectivity index (χ1) is 20.1. The van der Waals surface area contributed by atoms with Gasteiger partial charge in [0.15, 0.2) is 0 Å². The van der Waals surface area contributed by atoms with Gasteiger partial charge in [0, 0.05) is 31.0 Å². The fourth-order valence-corrected chi connectivity index (χ4v) is 7.25. The average molecular weight is 582 g/mol. The van der Waals surface area contributed by atoms with Crippen LogP contribution in [-0.2, 0) is 23.9 Å². The third kappa shape index (κ3) is 5.37. The number of allylic oxidation sites excluding steroid dienone is 1. The summed E-state index contributed by atoms with van der Waals surface area (Å²) in [4.78, 5) is 47.6. The van der Waals surface area contributed by atoms with Gasteiger partial charge in [0.2, 0.25) is 5.91 Å². The molecule has 1 aromatic rings. The summed E-state index contributed by atoms with van der Waals surface area (Å²) in [5, 5.41) is 10.2. The molecule has 3 aliphatic heterocycles. The number of aliphatic hydroxyl groups is 1. The second-order valence-electron chi connectivity index (χ2n) is 11.9. The molecule has 1 spiro atoms. The Morgan fingerprint density at radius 2 is 1.81 bits per heavy atom. The van der Waals surface area contributed by atoms with Gasteiger partial charge in [-0.1, -0.05) is 12.2 Å². The van der Waals surface area contributed by atoms with Gasteiger partial charge in [0.1, 0.15) is 17.6 Å². The smallest absolute Gasteiger partial charge is 0.312 e. The third-order valence-corrected chi connectivity index (χ3v) is 9.36. The highest BCUT2D eigenvalue weighted by atomic mass is 16.6. The van der Waals surface area contributed by atoms with Crippen molar-refractivity contribution < 1.29 is 29.0 Å². The van der Waals surface area contributed by atoms with E-state index in [0.29, 0.717) is 24.9 Å². The number of carbonyl (C=O) groups is 3. The van der Waals surface area contributed by atoms with Crippen molar-refractivity contribution in [2.45, 2.75) is 83.1 Å². The number of nitrogens with zero attached hydrogens (tertiary/aromatic N) is 3. The molecule has 0 aromatic heterocycles. The molecule has 42 heavy (non-hydrogen) atoms. The van der Waals surface area contributed by atoms with Crippen LogP contribution in [0.15, 0.2) is 49.6 Å². The summed E-state index contributed by atoms with van der Waals surface area (Å²) in [6.07, 6.45) is 6.86. The molecule has 2 bridgehead atoms. The highest BCUT2D eigenvalue weighted by Gasteiger charge is 2.79. The number of ether oxygens (including phenoxy) is 2. The van der Waals surface area contributed by atoms with Crippen molar-refractivity contribution in [2.24, 2.45) is 11.8 Å². The van der Waals surface area contributed by atoms with Crippen LogP contribution in [0.1, 0.15) is 59.8 Å². The van der Waals surface area contributed by atoms with E-state index >= 15 is 0 Å². The van der Waals surface area contributed by atoms with E-state index in [0.717, 1.165) is 31.6 Å². The molecule has 230 valence electrons. The van der Waals surface area contributed by atoms with E-state index in [1.54, 1.807) is 17.9 Å². The fourth-order valence-electron chi connectivity index (χ4n) is 7.25. The monoisotopic (exact) mass is 581 g/mol. The Morgan fingerprint density at radius 1 is 1.14 bits per heavy atom. The lowest BCUT2D eigenvalue weighted by molar-refractivity contribution is -0.160. The molecule has 3 fully saturated rings. The number of benzene rings is 1. The zero-order chi connectivity index (χ0) is 30.7. The summed E-state index contributed by atoms with van der Waals surface area (Å²) in [5.74, 6) is -2.82. The van der Waals surface area contributed by atoms with Crippen molar-refractivity contribution in [2.75, 3.05) is 42.6 Å². The molecule has 2 unspecified atom stereocenters. The van der Waals surface area contributed by atoms with Gasteiger partial charge >= 0.3 is 5.97 Å². The van der Waals surface area contributed by atoms with Gasteiger partial charge in [0.05, 0.1) is 30.8 Å². The normalized spacial score (nSPS) is 28.4. The number of hydrogen-bond acceptors (Lipinski definition) is 7. The van der Waals surface area contributed by atoms with Crippen LogP contribution in [0.2, 0.25) is 0 Å². The van der Waals surface area contributed by atoms with Crippen molar-refractivity contribution in [3.8, 4) is 0 Å². The summed E-state index contributed by atoms with van der Waals surface area (Å²) in [7, 11) is 0. The SMILES string of the molecule is C=CCCCCOC(=O)[C@@H]1[C@H]2C(=O)N([C@H](C)CO)C(C(=O)N(CC=C)c3ccc(N(CC)CC)cc3)C23CC[C@@]1(C)O3. The first-order valence-electron chi connectivity index (χ1n) is 15.3. The number of anilines is 2. The van der Waals surface area contributed by atoms with E-state index in [-0.39, 0.29) is 31.6 Å². The second kappa shape index (κ2) is 13.0. The number of carbonyl (C=O) groups excluding carboxylic acids is 3. The molecule has 6 atom stereocenters. The van der Waals surface area contributed by atoms with E-state index in [1.807, 2.05) is 37.3 Å². The van der Waals surface area contributed by atoms with Crippen molar-refractivity contribution in [1.82, 2.24) is 4.90 Å². The lowest BCUT2D eigenvalue weighted by Crippen LogP contribution is -2.58. The molecular weight excluding hydrogens is 534 g/mol. The molecule has 9 heteroatoms. The average Bonchev–Trinajstić information content (AvgIpc) is 3.56. The maximum absolute atomic E-state index is 14.6. The minimum atomic E-state index is -1.19. The van der Waals surface area contributed by atoms with Gasteiger partial charge in [-0.25, -0.2) is 0 Å². The maximum Gasteiger partial charge on any atom is 0.312 e. The minimum absolute atomic E-state index is 0.226. The topological polar surface area (TPSA) is 99.6 Å². The first-order valence-corrected chi connectivity index (χ1v) is 15.3. The molecule has 3 aliphatic rings. The van der Waals surface area contributed by atoms with Gasteiger partial charge in [0.25, 0.3) is 5.91 Å². The van der Waals surface area contributed by atoms with Crippen LogP contribution in [0.5, 0.6) is 0 Å². The Hall–Kier alpha value is -3.17. The molecule has 9 nitrogen and oxygen atoms in total. The van der Waals surface area contributed by atoms with Crippen LogP contribution in [-0.4, -0.2) is 83.9 Å². The molecule has 3 saturated heterocycles. The van der Waals surface area contributed by atoms with Crippen molar-refractivity contribution >= 4 is 29.2 Å². The number of fused-ring (bicyclic) bond motifs is 1. The van der Waals surface area contributed by atoms with Crippen LogP contribution < -0.4 is 9.80 Å². The van der Waals surface area contributed by atoms with Gasteiger partial charge < -0.3 is 29.3 Å². The standard InChI is InChI=1S/C33H47N3O6/c1-7-11-12-13-21-41-31(40)27-26-29(38)36(23(5)22-37)28(33(26)19-18-32(27,6)42-33)30(39)35(20-8-2)25-16-14-24(15-17-25)34(9-3)10-4/h7-8,14-17,23,26-28,37H,1-2,9-13,18-22H2,3-6H3/t23-,26+,27+,28?,32-,33?/m1/s1. The number of aliphatic hydroxyl groups excluding tert-OH is 1. The maximum atomic E-state index is 14.6. The Labute approximate surface area is 250 Å². The largest absolute Gasteiger partial charge is 0.465 e. The minimum Gasteiger partial charge on any atom is -0.465 e. The molecule has 0 aliphatic carbocycles. The van der Waals surface area contributed by atoms with Crippen LogP contribution in [0.3, 0.4) is 0 Å². The Bertz CT molecular complexity index is 1170. The molecule has 4 rings (SSSR count). The molecule has 2 amide bonds. The van der Waals surface area contributed by atoms with Gasteiger partial charge in [-0.15, -0.1) is 13.2 Å². The predicted octanol–water partition coefficient (Wildman–Crippen LogP) is 4.10. The summed E-state index contributed by atoms with van der Waals surface area (Å²) in [6, 6.07) is 6.13. The molecule has 3 heterocycles. The van der Waals surface area contributed by atoms with Gasteiger partial charge in [-0.05, 0) is 84.1 Å². The zero-order valence-electron chi connectivity index (χ0n) is 25.6. The molecule has 1 N–H and O–H groups in total. The number of esters is 1. The number of likely N-dealkylation sites (tertiary alicyclic amines) is 1. The highest BCUT2D eigenvalue weighted by Crippen LogP contribution is 2.63. The molecular formula is C33H47N3O6. The van der Waals surface area contributed by atoms with Gasteiger partial charge in [-0.2, -0.15) is 0 Å². The summed E-state index contributed by atoms with van der Waals surface area (Å²) >= 11 is 0. The number of rotatable bonds is 15. The number of amides is 2. The second-order valence-corrected chi connectivity index (χ2v) is 11.9. The highest BCUT2D eigenvalue weighted by molar-refractivity contribution is 6.05. The third-order valence-electron chi connectivity index (χ3n) is 9.36. The Balaban J connectivity index is 1.69. The summed E-state index contributed by atoms with van der Waals surface area (Å²) in [6.45, 7) is 17.2. The van der Waals surface area contributed by atoms with Crippen molar-refractivity contribution in [1.29, 1.82) is 0 Å². The lowest BCUT2D eigenvalue weighted by atomic mass is 9.66. The Kier molecular flexibility index (Phi) is 9.83. The summed E-state index contributed by atoms with van der Waals surface area (Å²) < 4.78 is 12.4. The van der Waals surface area contributed by atoms with E-state index in [2.05, 4.69) is 31.9 Å². The Morgan fingerprint density at radius 3 is 2.40 bits per heavy atom. The quantitative estimate of drug-likeness (QED) is 0.189. The number of hydrogen-bond donors (Lipinski definition) is 1. The van der Waals surface area contributed by atoms with Crippen LogP contribution in [0.4, 0.5) is 11.4 Å². The zero-order valence-corrected chi connectivity index (χ0v) is 25.6. The van der Waals surface area contributed by atoms with Crippen LogP contribution in [0.25, 0.3) is 0 Å². The van der Waals surface area contributed by atoms with Crippen molar-refractivity contribution in [3.63, 3.8) is 0 Å². The fraction of sp³-hybridized carbons (Fsp3) is 0.606. The first kappa shape index (κ1) is 31.8. The molecule has 1 aromatic carbocycles. The summed E-state index contributed by atoms with van der Waals surface area (Å²) in [5.41, 5.74) is -0.384. The van der Waals surface area contributed by atoms with Crippen LogP contribution >= 0.6 is 0 Å². The van der Waals surface area contributed by atoms with Crippen LogP contribution in [0, 0.1) is 11.8 Å².